The molecule has 0 aromatic carbocycles. The molecule has 0 aromatic heterocycles. The van der Waals surface area contributed by atoms with Crippen molar-refractivity contribution in [2.45, 2.75) is 42.9 Å². The highest BCUT2D eigenvalue weighted by Crippen LogP contribution is 2.30. The quantitative estimate of drug-likeness (QED) is 0.746. The summed E-state index contributed by atoms with van der Waals surface area (Å²) >= 11 is 0. The zero-order chi connectivity index (χ0) is 9.53. The predicted molar refractivity (Wildman–Crippen MR) is 58.0 cm³/mol. The van der Waals surface area contributed by atoms with E-state index in [1.807, 2.05) is 0 Å². The molecule has 2 aliphatic rings. The summed E-state index contributed by atoms with van der Waals surface area (Å²) < 4.78 is 25.4. The average molecular weight is 241 g/mol. The molecule has 2 saturated carbocycles. The van der Waals surface area contributed by atoms with Gasteiger partial charge >= 0.3 is 0 Å². The third kappa shape index (κ3) is 2.59. The highest BCUT2D eigenvalue weighted by molar-refractivity contribution is 7.90. The van der Waals surface area contributed by atoms with E-state index in [1.54, 1.807) is 0 Å². The fourth-order valence-corrected chi connectivity index (χ4v) is 3.03. The Hall–Kier alpha value is 0.160. The van der Waals surface area contributed by atoms with E-state index in [-0.39, 0.29) is 23.2 Å². The Morgan fingerprint density at radius 3 is 2.29 bits per heavy atom. The predicted octanol–water partition coefficient (Wildman–Crippen LogP) is 0.371. The van der Waals surface area contributed by atoms with Crippen LogP contribution in [0.3, 0.4) is 0 Å². The van der Waals surface area contributed by atoms with Crippen LogP contribution in [0.25, 0.3) is 0 Å². The van der Waals surface area contributed by atoms with Crippen LogP contribution in [0, 0.1) is 0 Å². The topological polar surface area (TPSA) is 72.2 Å². The van der Waals surface area contributed by atoms with Gasteiger partial charge in [-0.05, 0) is 32.1 Å². The molecule has 0 saturated heterocycles. The maximum absolute atomic E-state index is 11.4. The second kappa shape index (κ2) is 3.96. The van der Waals surface area contributed by atoms with Gasteiger partial charge in [-0.2, -0.15) is 0 Å². The number of hydrogen-bond acceptors (Lipinski definition) is 3. The van der Waals surface area contributed by atoms with Crippen molar-refractivity contribution >= 4 is 22.4 Å². The fraction of sp³-hybridized carbons (Fsp3) is 1.00. The van der Waals surface area contributed by atoms with Crippen molar-refractivity contribution in [3.8, 4) is 0 Å². The molecular weight excluding hydrogens is 224 g/mol. The van der Waals surface area contributed by atoms with Crippen LogP contribution >= 0.6 is 12.4 Å². The number of nitrogens with two attached hydrogens (primary N) is 1. The highest BCUT2D eigenvalue weighted by atomic mass is 35.5. The van der Waals surface area contributed by atoms with Crippen LogP contribution in [-0.4, -0.2) is 25.8 Å². The largest absolute Gasteiger partial charge is 0.324 e. The van der Waals surface area contributed by atoms with Gasteiger partial charge in [-0.1, -0.05) is 0 Å². The molecule has 0 heterocycles. The lowest BCUT2D eigenvalue weighted by molar-refractivity contribution is 0.251. The minimum atomic E-state index is -3.03. The van der Waals surface area contributed by atoms with Gasteiger partial charge in [0.25, 0.3) is 0 Å². The lowest BCUT2D eigenvalue weighted by Gasteiger charge is -2.38. The fourth-order valence-electron chi connectivity index (χ4n) is 1.55. The smallest absolute Gasteiger partial charge is 0.214 e. The van der Waals surface area contributed by atoms with Crippen molar-refractivity contribution < 1.29 is 8.42 Å². The molecule has 4 nitrogen and oxygen atoms in total. The summed E-state index contributed by atoms with van der Waals surface area (Å²) in [5.41, 5.74) is 5.66. The Morgan fingerprint density at radius 2 is 1.93 bits per heavy atom. The van der Waals surface area contributed by atoms with E-state index in [9.17, 15) is 8.42 Å². The van der Waals surface area contributed by atoms with Gasteiger partial charge in [-0.15, -0.1) is 12.4 Å². The first-order valence-electron chi connectivity index (χ1n) is 4.79. The first kappa shape index (κ1) is 12.2. The summed E-state index contributed by atoms with van der Waals surface area (Å²) in [6.07, 6.45) is 4.64. The Kier molecular flexibility index (Phi) is 3.46. The first-order valence-corrected chi connectivity index (χ1v) is 6.34. The zero-order valence-electron chi connectivity index (χ0n) is 8.03. The van der Waals surface area contributed by atoms with Crippen molar-refractivity contribution in [2.75, 3.05) is 6.54 Å². The molecule has 2 rings (SSSR count). The number of nitrogens with one attached hydrogen (secondary N) is 1. The lowest BCUT2D eigenvalue weighted by Crippen LogP contribution is -2.55. The van der Waals surface area contributed by atoms with E-state index < -0.39 is 10.0 Å². The van der Waals surface area contributed by atoms with Gasteiger partial charge in [-0.25, -0.2) is 13.1 Å². The molecule has 0 aliphatic heterocycles. The van der Waals surface area contributed by atoms with Gasteiger partial charge in [0.1, 0.15) is 0 Å². The van der Waals surface area contributed by atoms with Crippen molar-refractivity contribution in [2.24, 2.45) is 5.73 Å². The molecule has 84 valence electrons. The average Bonchev–Trinajstić information content (AvgIpc) is 2.79. The van der Waals surface area contributed by atoms with Crippen molar-refractivity contribution in [1.29, 1.82) is 0 Å². The molecule has 0 spiro atoms. The molecular formula is C8H17ClN2O2S. The van der Waals surface area contributed by atoms with E-state index in [2.05, 4.69) is 4.72 Å². The maximum atomic E-state index is 11.4. The van der Waals surface area contributed by atoms with Crippen LogP contribution in [-0.2, 0) is 10.0 Å². The van der Waals surface area contributed by atoms with E-state index in [0.717, 1.165) is 32.1 Å². The van der Waals surface area contributed by atoms with E-state index in [1.165, 1.54) is 0 Å². The monoisotopic (exact) mass is 240 g/mol. The van der Waals surface area contributed by atoms with Gasteiger partial charge < -0.3 is 5.73 Å². The highest BCUT2D eigenvalue weighted by Gasteiger charge is 2.39. The molecule has 0 bridgehead atoms. The Labute approximate surface area is 91.1 Å². The first-order chi connectivity index (χ1) is 6.02. The summed E-state index contributed by atoms with van der Waals surface area (Å²) in [5.74, 6) is 0. The van der Waals surface area contributed by atoms with Crippen molar-refractivity contribution in [3.05, 3.63) is 0 Å². The molecule has 6 heteroatoms. The summed E-state index contributed by atoms with van der Waals surface area (Å²) in [6, 6.07) is 0. The second-order valence-corrected chi connectivity index (χ2v) is 6.33. The van der Waals surface area contributed by atoms with Crippen molar-refractivity contribution in [3.63, 3.8) is 0 Å². The molecule has 0 unspecified atom stereocenters. The van der Waals surface area contributed by atoms with Crippen LogP contribution in [0.5, 0.6) is 0 Å². The second-order valence-electron chi connectivity index (χ2n) is 4.28. The minimum absolute atomic E-state index is 0. The molecule has 0 radical (unpaired) electrons. The number of hydrogen-bond donors (Lipinski definition) is 2. The molecule has 0 atom stereocenters. The van der Waals surface area contributed by atoms with Crippen LogP contribution in [0.4, 0.5) is 0 Å². The summed E-state index contributed by atoms with van der Waals surface area (Å²) in [6.45, 7) is 0.422. The lowest BCUT2D eigenvalue weighted by atomic mass is 9.78. The van der Waals surface area contributed by atoms with Gasteiger partial charge in [0.05, 0.1) is 5.25 Å². The van der Waals surface area contributed by atoms with E-state index in [4.69, 9.17) is 5.73 Å². The molecule has 3 N–H and O–H groups in total. The number of rotatable bonds is 4. The zero-order valence-corrected chi connectivity index (χ0v) is 9.66. The van der Waals surface area contributed by atoms with Gasteiger partial charge in [0.2, 0.25) is 10.0 Å². The number of halogens is 1. The van der Waals surface area contributed by atoms with Gasteiger partial charge in [0.15, 0.2) is 0 Å². The summed E-state index contributed by atoms with van der Waals surface area (Å²) in [7, 11) is -3.03. The van der Waals surface area contributed by atoms with E-state index >= 15 is 0 Å². The Bertz CT molecular complexity index is 296. The molecule has 2 fully saturated rings. The molecule has 0 amide bonds. The molecule has 14 heavy (non-hydrogen) atoms. The SMILES string of the molecule is Cl.NC1(CNS(=O)(=O)C2CC2)CCC1. The van der Waals surface area contributed by atoms with Gasteiger partial charge in [-0.3, -0.25) is 0 Å². The van der Waals surface area contributed by atoms with Crippen LogP contribution < -0.4 is 10.5 Å². The summed E-state index contributed by atoms with van der Waals surface area (Å²) in [5, 5.41) is -0.129. The molecule has 2 aliphatic carbocycles. The number of sulfonamides is 1. The van der Waals surface area contributed by atoms with Crippen molar-refractivity contribution in [1.82, 2.24) is 4.72 Å². The third-order valence-electron chi connectivity index (χ3n) is 2.94. The molecule has 0 aromatic rings. The standard InChI is InChI=1S/C8H16N2O2S.ClH/c9-8(4-1-5-8)6-10-13(11,12)7-2-3-7;/h7,10H,1-6,9H2;1H. The maximum Gasteiger partial charge on any atom is 0.214 e. The summed E-state index contributed by atoms with van der Waals surface area (Å²) in [4.78, 5) is 0. The van der Waals surface area contributed by atoms with Gasteiger partial charge in [0, 0.05) is 12.1 Å². The minimum Gasteiger partial charge on any atom is -0.324 e. The van der Waals surface area contributed by atoms with E-state index in [0.29, 0.717) is 6.54 Å². The Morgan fingerprint density at radius 1 is 1.36 bits per heavy atom. The van der Waals surface area contributed by atoms with Crippen LogP contribution in [0.15, 0.2) is 0 Å². The Balaban J connectivity index is 0.000000980. The van der Waals surface area contributed by atoms with Crippen LogP contribution in [0.1, 0.15) is 32.1 Å². The van der Waals surface area contributed by atoms with Crippen LogP contribution in [0.2, 0.25) is 0 Å². The normalized spacial score (nSPS) is 24.9. The third-order valence-corrected chi connectivity index (χ3v) is 4.83.